The average molecular weight is 565 g/mol. The van der Waals surface area contributed by atoms with Gasteiger partial charge in [0, 0.05) is 65.4 Å². The number of likely N-dealkylation sites (tertiary alicyclic amines) is 1. The van der Waals surface area contributed by atoms with Gasteiger partial charge in [-0.05, 0) is 32.6 Å². The molecule has 3 saturated heterocycles. The SMILES string of the molecule is CCNC(=NCC1CN(CC(C)C)CCO1)N1CCN(C(C)C(=O)N2CCCC2)CC1.I. The molecular weight excluding hydrogens is 519 g/mol. The number of hydrogen-bond donors (Lipinski definition) is 1. The molecule has 1 amide bonds. The van der Waals surface area contributed by atoms with E-state index in [-0.39, 0.29) is 36.1 Å². The van der Waals surface area contributed by atoms with E-state index in [1.807, 2.05) is 4.90 Å². The second kappa shape index (κ2) is 13.9. The molecule has 0 aromatic carbocycles. The zero-order valence-corrected chi connectivity index (χ0v) is 22.9. The molecule has 3 aliphatic heterocycles. The maximum Gasteiger partial charge on any atom is 0.239 e. The second-order valence-corrected chi connectivity index (χ2v) is 9.57. The van der Waals surface area contributed by atoms with Crippen LogP contribution in [0.1, 0.15) is 40.5 Å². The summed E-state index contributed by atoms with van der Waals surface area (Å²) < 4.78 is 5.98. The van der Waals surface area contributed by atoms with Crippen LogP contribution >= 0.6 is 24.0 Å². The Balaban J connectivity index is 0.00000363. The van der Waals surface area contributed by atoms with E-state index in [1.165, 1.54) is 0 Å². The van der Waals surface area contributed by atoms with Crippen LogP contribution < -0.4 is 5.32 Å². The molecule has 0 bridgehead atoms. The van der Waals surface area contributed by atoms with Crippen molar-refractivity contribution < 1.29 is 9.53 Å². The molecule has 0 aliphatic carbocycles. The van der Waals surface area contributed by atoms with E-state index in [4.69, 9.17) is 9.73 Å². The lowest BCUT2D eigenvalue weighted by molar-refractivity contribution is -0.135. The summed E-state index contributed by atoms with van der Waals surface area (Å²) in [5.41, 5.74) is 0. The van der Waals surface area contributed by atoms with Crippen molar-refractivity contribution in [1.82, 2.24) is 24.9 Å². The molecule has 0 spiro atoms. The van der Waals surface area contributed by atoms with E-state index in [0.29, 0.717) is 18.4 Å². The predicted molar refractivity (Wildman–Crippen MR) is 141 cm³/mol. The molecule has 3 heterocycles. The van der Waals surface area contributed by atoms with Gasteiger partial charge in [-0.25, -0.2) is 0 Å². The fourth-order valence-electron chi connectivity index (χ4n) is 4.87. The van der Waals surface area contributed by atoms with E-state index in [9.17, 15) is 4.79 Å². The zero-order valence-electron chi connectivity index (χ0n) is 20.6. The Labute approximate surface area is 212 Å². The molecule has 9 heteroatoms. The van der Waals surface area contributed by atoms with E-state index >= 15 is 0 Å². The van der Waals surface area contributed by atoms with Gasteiger partial charge in [-0.15, -0.1) is 24.0 Å². The molecule has 3 fully saturated rings. The van der Waals surface area contributed by atoms with Crippen LogP contribution in [0.3, 0.4) is 0 Å². The highest BCUT2D eigenvalue weighted by Crippen LogP contribution is 2.14. The Morgan fingerprint density at radius 1 is 1.03 bits per heavy atom. The standard InChI is InChI=1S/C23H44N6O2.HI/c1-5-24-23(25-16-21-18-26(14-15-31-21)17-19(2)3)29-12-10-27(11-13-29)20(4)22(30)28-8-6-7-9-28;/h19-21H,5-18H2,1-4H3,(H,24,25);1H. The number of carbonyl (C=O) groups excluding carboxylic acids is 1. The summed E-state index contributed by atoms with van der Waals surface area (Å²) in [5, 5.41) is 3.46. The highest BCUT2D eigenvalue weighted by molar-refractivity contribution is 14.0. The maximum atomic E-state index is 12.8. The van der Waals surface area contributed by atoms with Crippen molar-refractivity contribution >= 4 is 35.8 Å². The van der Waals surface area contributed by atoms with Gasteiger partial charge in [-0.1, -0.05) is 13.8 Å². The van der Waals surface area contributed by atoms with Gasteiger partial charge in [0.1, 0.15) is 0 Å². The Morgan fingerprint density at radius 3 is 2.34 bits per heavy atom. The van der Waals surface area contributed by atoms with Crippen molar-refractivity contribution in [3.63, 3.8) is 0 Å². The van der Waals surface area contributed by atoms with Crippen LogP contribution in [0.25, 0.3) is 0 Å². The van der Waals surface area contributed by atoms with E-state index in [1.54, 1.807) is 0 Å². The molecule has 0 aromatic heterocycles. The first-order chi connectivity index (χ1) is 15.0. The van der Waals surface area contributed by atoms with Gasteiger partial charge in [-0.2, -0.15) is 0 Å². The summed E-state index contributed by atoms with van der Waals surface area (Å²) >= 11 is 0. The molecular formula is C23H45IN6O2. The quantitative estimate of drug-likeness (QED) is 0.288. The van der Waals surface area contributed by atoms with Gasteiger partial charge in [0.15, 0.2) is 5.96 Å². The van der Waals surface area contributed by atoms with Crippen molar-refractivity contribution in [2.24, 2.45) is 10.9 Å². The molecule has 0 saturated carbocycles. The first kappa shape index (κ1) is 27.6. The fourth-order valence-corrected chi connectivity index (χ4v) is 4.87. The van der Waals surface area contributed by atoms with Gasteiger partial charge in [0.2, 0.25) is 5.91 Å². The minimum atomic E-state index is -0.0256. The van der Waals surface area contributed by atoms with Crippen LogP contribution in [0.2, 0.25) is 0 Å². The molecule has 1 N–H and O–H groups in total. The third kappa shape index (κ3) is 7.99. The van der Waals surface area contributed by atoms with Crippen LogP contribution in [0.4, 0.5) is 0 Å². The summed E-state index contributed by atoms with van der Waals surface area (Å²) in [5.74, 6) is 1.95. The van der Waals surface area contributed by atoms with Gasteiger partial charge in [-0.3, -0.25) is 19.6 Å². The minimum absolute atomic E-state index is 0. The summed E-state index contributed by atoms with van der Waals surface area (Å²) in [6.45, 7) is 19.6. The third-order valence-corrected chi connectivity index (χ3v) is 6.56. The first-order valence-corrected chi connectivity index (χ1v) is 12.4. The number of amides is 1. The minimum Gasteiger partial charge on any atom is -0.374 e. The van der Waals surface area contributed by atoms with Gasteiger partial charge in [0.25, 0.3) is 0 Å². The normalized spacial score (nSPS) is 24.5. The third-order valence-electron chi connectivity index (χ3n) is 6.56. The summed E-state index contributed by atoms with van der Waals surface area (Å²) in [6, 6.07) is -0.0256. The predicted octanol–water partition coefficient (Wildman–Crippen LogP) is 1.56. The molecule has 186 valence electrons. The zero-order chi connectivity index (χ0) is 22.2. The number of nitrogens with zero attached hydrogens (tertiary/aromatic N) is 5. The highest BCUT2D eigenvalue weighted by atomic mass is 127. The monoisotopic (exact) mass is 564 g/mol. The van der Waals surface area contributed by atoms with Crippen LogP contribution in [-0.4, -0.2) is 122 Å². The van der Waals surface area contributed by atoms with Crippen molar-refractivity contribution in [3.8, 4) is 0 Å². The lowest BCUT2D eigenvalue weighted by Crippen LogP contribution is -2.57. The Hall–Kier alpha value is -0.650. The number of rotatable bonds is 7. The lowest BCUT2D eigenvalue weighted by atomic mass is 10.2. The molecule has 3 aliphatic rings. The Bertz CT molecular complexity index is 591. The molecule has 8 nitrogen and oxygen atoms in total. The van der Waals surface area contributed by atoms with Crippen LogP contribution in [0.15, 0.2) is 4.99 Å². The van der Waals surface area contributed by atoms with Gasteiger partial charge in [0.05, 0.1) is 25.3 Å². The van der Waals surface area contributed by atoms with Gasteiger partial charge < -0.3 is 19.9 Å². The summed E-state index contributed by atoms with van der Waals surface area (Å²) in [6.07, 6.45) is 2.46. The Morgan fingerprint density at radius 2 is 1.72 bits per heavy atom. The first-order valence-electron chi connectivity index (χ1n) is 12.4. The largest absolute Gasteiger partial charge is 0.374 e. The number of hydrogen-bond acceptors (Lipinski definition) is 5. The van der Waals surface area contributed by atoms with Crippen LogP contribution in [-0.2, 0) is 9.53 Å². The topological polar surface area (TPSA) is 63.7 Å². The number of halogens is 1. The molecule has 32 heavy (non-hydrogen) atoms. The van der Waals surface area contributed by atoms with E-state index in [2.05, 4.69) is 47.7 Å². The number of morpholine rings is 1. The number of nitrogens with one attached hydrogen (secondary N) is 1. The number of ether oxygens (including phenoxy) is 1. The number of guanidine groups is 1. The Kier molecular flexibility index (Phi) is 12.0. The second-order valence-electron chi connectivity index (χ2n) is 9.57. The van der Waals surface area contributed by atoms with Crippen molar-refractivity contribution in [3.05, 3.63) is 0 Å². The molecule has 0 radical (unpaired) electrons. The van der Waals surface area contributed by atoms with E-state index < -0.39 is 0 Å². The number of piperazine rings is 1. The number of aliphatic imine (C=N–C) groups is 1. The smallest absolute Gasteiger partial charge is 0.239 e. The van der Waals surface area contributed by atoms with Gasteiger partial charge >= 0.3 is 0 Å². The van der Waals surface area contributed by atoms with E-state index in [0.717, 1.165) is 90.9 Å². The molecule has 3 rings (SSSR count). The van der Waals surface area contributed by atoms with Crippen molar-refractivity contribution in [1.29, 1.82) is 0 Å². The highest BCUT2D eigenvalue weighted by Gasteiger charge is 2.30. The fraction of sp³-hybridized carbons (Fsp3) is 0.913. The lowest BCUT2D eigenvalue weighted by Gasteiger charge is -2.40. The van der Waals surface area contributed by atoms with Crippen LogP contribution in [0, 0.1) is 5.92 Å². The van der Waals surface area contributed by atoms with Crippen LogP contribution in [0.5, 0.6) is 0 Å². The average Bonchev–Trinajstić information content (AvgIpc) is 3.30. The van der Waals surface area contributed by atoms with Crippen molar-refractivity contribution in [2.45, 2.75) is 52.7 Å². The molecule has 2 unspecified atom stereocenters. The number of carbonyl (C=O) groups is 1. The summed E-state index contributed by atoms with van der Waals surface area (Å²) in [4.78, 5) is 26.9. The maximum absolute atomic E-state index is 12.8. The molecule has 2 atom stereocenters. The summed E-state index contributed by atoms with van der Waals surface area (Å²) in [7, 11) is 0. The van der Waals surface area contributed by atoms with Crippen molar-refractivity contribution in [2.75, 3.05) is 78.6 Å². The molecule has 0 aromatic rings.